The van der Waals surface area contributed by atoms with Gasteiger partial charge in [0.05, 0.1) is 0 Å². The molecule has 0 spiro atoms. The van der Waals surface area contributed by atoms with E-state index in [1.807, 2.05) is 11.8 Å². The molecule has 1 aromatic rings. The average Bonchev–Trinajstić information content (AvgIpc) is 2.40. The quantitative estimate of drug-likeness (QED) is 0.370. The standard InChI is InChI=1S/C16H26S4/c1-6-17-15-12-13(5)10-11-14(15)16(18-7-2,19-8-3)20-9-4/h10-12H,6-9H2,1-5H3. The van der Waals surface area contributed by atoms with Gasteiger partial charge < -0.3 is 0 Å². The van der Waals surface area contributed by atoms with Crippen LogP contribution in [0, 0.1) is 6.92 Å². The molecule has 0 saturated carbocycles. The lowest BCUT2D eigenvalue weighted by molar-refractivity contribution is 1.16. The summed E-state index contributed by atoms with van der Waals surface area (Å²) < 4.78 is 0.156. The first kappa shape index (κ1) is 18.7. The topological polar surface area (TPSA) is 0 Å². The van der Waals surface area contributed by atoms with Crippen LogP contribution in [0.2, 0.25) is 0 Å². The molecule has 114 valence electrons. The third-order valence-electron chi connectivity index (χ3n) is 2.77. The molecule has 0 aliphatic carbocycles. The monoisotopic (exact) mass is 346 g/mol. The van der Waals surface area contributed by atoms with E-state index in [0.717, 1.165) is 23.0 Å². The number of hydrogen-bond donors (Lipinski definition) is 0. The molecule has 0 aliphatic heterocycles. The van der Waals surface area contributed by atoms with Crippen LogP contribution in [0.4, 0.5) is 0 Å². The Morgan fingerprint density at radius 3 is 1.85 bits per heavy atom. The SMILES string of the molecule is CCSc1cc(C)ccc1C(SCC)(SCC)SCC. The van der Waals surface area contributed by atoms with Gasteiger partial charge in [0.25, 0.3) is 0 Å². The second-order valence-corrected chi connectivity index (χ2v) is 10.8. The van der Waals surface area contributed by atoms with Crippen LogP contribution < -0.4 is 0 Å². The molecular formula is C16H26S4. The molecule has 20 heavy (non-hydrogen) atoms. The molecular weight excluding hydrogens is 320 g/mol. The van der Waals surface area contributed by atoms with Gasteiger partial charge in [-0.05, 0) is 41.6 Å². The van der Waals surface area contributed by atoms with E-state index in [1.165, 1.54) is 16.0 Å². The van der Waals surface area contributed by atoms with E-state index in [-0.39, 0.29) is 3.41 Å². The van der Waals surface area contributed by atoms with Gasteiger partial charge in [0.2, 0.25) is 0 Å². The number of hydrogen-bond acceptors (Lipinski definition) is 4. The summed E-state index contributed by atoms with van der Waals surface area (Å²) in [5.74, 6) is 4.61. The van der Waals surface area contributed by atoms with E-state index >= 15 is 0 Å². The molecule has 1 rings (SSSR count). The first-order valence-corrected chi connectivity index (χ1v) is 11.2. The number of benzene rings is 1. The molecule has 0 amide bonds. The van der Waals surface area contributed by atoms with E-state index in [1.54, 1.807) is 0 Å². The number of thioether (sulfide) groups is 4. The molecule has 0 nitrogen and oxygen atoms in total. The van der Waals surface area contributed by atoms with Crippen LogP contribution in [0.3, 0.4) is 0 Å². The lowest BCUT2D eigenvalue weighted by Crippen LogP contribution is -2.16. The van der Waals surface area contributed by atoms with Crippen molar-refractivity contribution < 1.29 is 0 Å². The zero-order valence-corrected chi connectivity index (χ0v) is 16.5. The molecule has 0 atom stereocenters. The predicted octanol–water partition coefficient (Wildman–Crippen LogP) is 6.48. The van der Waals surface area contributed by atoms with Crippen molar-refractivity contribution >= 4 is 47.0 Å². The summed E-state index contributed by atoms with van der Waals surface area (Å²) in [5.41, 5.74) is 2.88. The van der Waals surface area contributed by atoms with Gasteiger partial charge in [-0.3, -0.25) is 0 Å². The van der Waals surface area contributed by atoms with Crippen LogP contribution in [-0.2, 0) is 3.41 Å². The highest BCUT2D eigenvalue weighted by Gasteiger charge is 2.34. The van der Waals surface area contributed by atoms with E-state index in [9.17, 15) is 0 Å². The van der Waals surface area contributed by atoms with Crippen LogP contribution in [0.15, 0.2) is 23.1 Å². The minimum atomic E-state index is 0.156. The summed E-state index contributed by atoms with van der Waals surface area (Å²) in [6.45, 7) is 11.2. The first-order chi connectivity index (χ1) is 9.63. The fourth-order valence-electron chi connectivity index (χ4n) is 2.09. The molecule has 0 aliphatic rings. The third kappa shape index (κ3) is 4.82. The molecule has 0 heterocycles. The fourth-order valence-corrected chi connectivity index (χ4v) is 8.50. The van der Waals surface area contributed by atoms with Crippen molar-refractivity contribution in [3.05, 3.63) is 29.3 Å². The Kier molecular flexibility index (Phi) is 8.96. The lowest BCUT2D eigenvalue weighted by Gasteiger charge is -2.33. The molecule has 4 heteroatoms. The van der Waals surface area contributed by atoms with Crippen LogP contribution in [-0.4, -0.2) is 23.0 Å². The molecule has 0 saturated heterocycles. The predicted molar refractivity (Wildman–Crippen MR) is 104 cm³/mol. The largest absolute Gasteiger partial charge is 0.133 e. The van der Waals surface area contributed by atoms with Crippen molar-refractivity contribution in [2.24, 2.45) is 0 Å². The smallest absolute Gasteiger partial charge is 0.129 e. The zero-order chi connectivity index (χ0) is 15.0. The fraction of sp³-hybridized carbons (Fsp3) is 0.625. The van der Waals surface area contributed by atoms with Crippen LogP contribution in [0.1, 0.15) is 38.8 Å². The van der Waals surface area contributed by atoms with E-state index in [4.69, 9.17) is 0 Å². The maximum atomic E-state index is 2.36. The molecule has 0 bridgehead atoms. The van der Waals surface area contributed by atoms with Crippen LogP contribution in [0.5, 0.6) is 0 Å². The number of aryl methyl sites for hydroxylation is 1. The van der Waals surface area contributed by atoms with Gasteiger partial charge in [0, 0.05) is 10.5 Å². The van der Waals surface area contributed by atoms with Crippen LogP contribution >= 0.6 is 47.0 Å². The molecule has 1 aromatic carbocycles. The second kappa shape index (κ2) is 9.60. The van der Waals surface area contributed by atoms with Crippen molar-refractivity contribution in [1.29, 1.82) is 0 Å². The zero-order valence-electron chi connectivity index (χ0n) is 13.2. The maximum Gasteiger partial charge on any atom is 0.133 e. The van der Waals surface area contributed by atoms with Gasteiger partial charge >= 0.3 is 0 Å². The minimum Gasteiger partial charge on any atom is -0.129 e. The summed E-state index contributed by atoms with van der Waals surface area (Å²) in [7, 11) is 0. The van der Waals surface area contributed by atoms with E-state index < -0.39 is 0 Å². The van der Waals surface area contributed by atoms with Crippen molar-refractivity contribution in [2.75, 3.05) is 23.0 Å². The van der Waals surface area contributed by atoms with E-state index in [2.05, 4.69) is 88.1 Å². The summed E-state index contributed by atoms with van der Waals surface area (Å²) in [6.07, 6.45) is 0. The highest BCUT2D eigenvalue weighted by atomic mass is 32.3. The van der Waals surface area contributed by atoms with Gasteiger partial charge in [-0.2, -0.15) is 0 Å². The molecule has 0 unspecified atom stereocenters. The first-order valence-electron chi connectivity index (χ1n) is 7.29. The molecule has 0 fully saturated rings. The summed E-state index contributed by atoms with van der Waals surface area (Å²) in [5, 5.41) is 0. The Morgan fingerprint density at radius 2 is 1.40 bits per heavy atom. The van der Waals surface area contributed by atoms with Crippen molar-refractivity contribution in [3.8, 4) is 0 Å². The highest BCUT2D eigenvalue weighted by molar-refractivity contribution is 8.32. The Morgan fingerprint density at radius 1 is 0.850 bits per heavy atom. The Labute approximate surface area is 142 Å². The molecule has 0 radical (unpaired) electrons. The summed E-state index contributed by atoms with van der Waals surface area (Å²) in [4.78, 5) is 1.47. The average molecular weight is 347 g/mol. The van der Waals surface area contributed by atoms with Gasteiger partial charge in [0.1, 0.15) is 3.41 Å². The van der Waals surface area contributed by atoms with Gasteiger partial charge in [0.15, 0.2) is 0 Å². The van der Waals surface area contributed by atoms with Crippen LogP contribution in [0.25, 0.3) is 0 Å². The Balaban J connectivity index is 3.29. The van der Waals surface area contributed by atoms with Crippen molar-refractivity contribution in [1.82, 2.24) is 0 Å². The second-order valence-electron chi connectivity index (χ2n) is 4.29. The summed E-state index contributed by atoms with van der Waals surface area (Å²) >= 11 is 8.23. The van der Waals surface area contributed by atoms with Crippen molar-refractivity contribution in [2.45, 2.75) is 42.9 Å². The highest BCUT2D eigenvalue weighted by Crippen LogP contribution is 2.57. The Bertz CT molecular complexity index is 386. The maximum absolute atomic E-state index is 2.36. The third-order valence-corrected chi connectivity index (χ3v) is 8.49. The van der Waals surface area contributed by atoms with Crippen molar-refractivity contribution in [3.63, 3.8) is 0 Å². The Hall–Kier alpha value is 0.620. The number of rotatable bonds is 9. The van der Waals surface area contributed by atoms with Gasteiger partial charge in [-0.1, -0.05) is 39.8 Å². The van der Waals surface area contributed by atoms with Gasteiger partial charge in [-0.25, -0.2) is 0 Å². The van der Waals surface area contributed by atoms with Gasteiger partial charge in [-0.15, -0.1) is 47.0 Å². The lowest BCUT2D eigenvalue weighted by atomic mass is 10.2. The normalized spacial score (nSPS) is 11.8. The molecule has 0 aromatic heterocycles. The molecule has 0 N–H and O–H groups in total. The summed E-state index contributed by atoms with van der Waals surface area (Å²) in [6, 6.07) is 6.99. The minimum absolute atomic E-state index is 0.156. The van der Waals surface area contributed by atoms with E-state index in [0.29, 0.717) is 0 Å².